The molecule has 0 aliphatic rings. The van der Waals surface area contributed by atoms with E-state index >= 15 is 0 Å². The summed E-state index contributed by atoms with van der Waals surface area (Å²) in [7, 11) is 3.29. The van der Waals surface area contributed by atoms with Crippen molar-refractivity contribution in [3.05, 3.63) is 33.2 Å². The Labute approximate surface area is 167 Å². The van der Waals surface area contributed by atoms with E-state index in [1.54, 1.807) is 20.3 Å². The minimum Gasteiger partial charge on any atom is -0.493 e. The van der Waals surface area contributed by atoms with Gasteiger partial charge in [0.15, 0.2) is 17.3 Å². The first-order chi connectivity index (χ1) is 11.9. The van der Waals surface area contributed by atoms with Gasteiger partial charge in [0.25, 0.3) is 0 Å². The maximum Gasteiger partial charge on any atom is 0.161 e. The predicted molar refractivity (Wildman–Crippen MR) is 108 cm³/mol. The highest BCUT2D eigenvalue weighted by atomic mass is 79.9. The van der Waals surface area contributed by atoms with Crippen molar-refractivity contribution in [2.24, 2.45) is 11.8 Å². The van der Waals surface area contributed by atoms with E-state index in [0.717, 1.165) is 12.0 Å². The van der Waals surface area contributed by atoms with Gasteiger partial charge < -0.3 is 14.2 Å². The molecule has 0 unspecified atom stereocenters. The molecule has 140 valence electrons. The summed E-state index contributed by atoms with van der Waals surface area (Å²) < 4.78 is 16.9. The molecular formula is C19H26Br2O4. The second-order valence-corrected chi connectivity index (χ2v) is 8.84. The number of carbonyl (C=O) groups is 1. The van der Waals surface area contributed by atoms with E-state index < -0.39 is 0 Å². The molecule has 1 atom stereocenters. The quantitative estimate of drug-likeness (QED) is 0.327. The molecule has 0 aromatic heterocycles. The maximum absolute atomic E-state index is 12.4. The minimum absolute atomic E-state index is 0.0946. The highest BCUT2D eigenvalue weighted by molar-refractivity contribution is 9.28. The normalized spacial score (nSPS) is 12.0. The zero-order chi connectivity index (χ0) is 18.8. The molecule has 0 amide bonds. The van der Waals surface area contributed by atoms with Gasteiger partial charge in [0.2, 0.25) is 0 Å². The van der Waals surface area contributed by atoms with Crippen LogP contribution in [-0.4, -0.2) is 33.2 Å². The second-order valence-electron chi connectivity index (χ2n) is 6.07. The SMILES string of the molecule is COCCCOc1cc(C[C@@H](C(=O)C=C(Br)Br)C(C)C)ccc1OC. The Morgan fingerprint density at radius 2 is 1.88 bits per heavy atom. The zero-order valence-electron chi connectivity index (χ0n) is 15.2. The molecule has 1 rings (SSSR count). The highest BCUT2D eigenvalue weighted by Gasteiger charge is 2.22. The third-order valence-electron chi connectivity index (χ3n) is 3.86. The molecule has 6 heteroatoms. The topological polar surface area (TPSA) is 44.8 Å². The van der Waals surface area contributed by atoms with Crippen molar-refractivity contribution < 1.29 is 19.0 Å². The Bertz CT molecular complexity index is 581. The van der Waals surface area contributed by atoms with Crippen molar-refractivity contribution in [2.45, 2.75) is 26.7 Å². The summed E-state index contributed by atoms with van der Waals surface area (Å²) in [6.07, 6.45) is 3.04. The molecule has 0 bridgehead atoms. The number of hydrogen-bond donors (Lipinski definition) is 0. The van der Waals surface area contributed by atoms with Crippen LogP contribution in [0.2, 0.25) is 0 Å². The van der Waals surface area contributed by atoms with Crippen LogP contribution in [0, 0.1) is 11.8 Å². The first-order valence-electron chi connectivity index (χ1n) is 8.24. The molecule has 25 heavy (non-hydrogen) atoms. The van der Waals surface area contributed by atoms with Gasteiger partial charge in [-0.25, -0.2) is 0 Å². The van der Waals surface area contributed by atoms with Crippen LogP contribution in [-0.2, 0) is 16.0 Å². The summed E-state index contributed by atoms with van der Waals surface area (Å²) in [6, 6.07) is 5.83. The Morgan fingerprint density at radius 3 is 2.44 bits per heavy atom. The Hall–Kier alpha value is -0.850. The average molecular weight is 478 g/mol. The molecule has 4 nitrogen and oxygen atoms in total. The third-order valence-corrected chi connectivity index (χ3v) is 4.31. The molecule has 0 heterocycles. The third kappa shape index (κ3) is 7.92. The van der Waals surface area contributed by atoms with Gasteiger partial charge in [-0.2, -0.15) is 0 Å². The van der Waals surface area contributed by atoms with Gasteiger partial charge in [0.05, 0.1) is 17.1 Å². The lowest BCUT2D eigenvalue weighted by Crippen LogP contribution is -2.21. The molecule has 0 aliphatic heterocycles. The number of benzene rings is 1. The Balaban J connectivity index is 2.91. The maximum atomic E-state index is 12.4. The van der Waals surface area contributed by atoms with E-state index in [1.807, 2.05) is 18.2 Å². The molecular weight excluding hydrogens is 452 g/mol. The van der Waals surface area contributed by atoms with Gasteiger partial charge in [0, 0.05) is 32.1 Å². The van der Waals surface area contributed by atoms with Crippen LogP contribution in [0.4, 0.5) is 0 Å². The smallest absolute Gasteiger partial charge is 0.161 e. The number of allylic oxidation sites excluding steroid dienone is 1. The Morgan fingerprint density at radius 1 is 1.16 bits per heavy atom. The van der Waals surface area contributed by atoms with Crippen LogP contribution >= 0.6 is 31.9 Å². The molecule has 0 radical (unpaired) electrons. The molecule has 1 aromatic carbocycles. The van der Waals surface area contributed by atoms with Crippen LogP contribution in [0.1, 0.15) is 25.8 Å². The standard InChI is InChI=1S/C19H26Br2O4/c1-13(2)15(16(22)12-19(20)21)10-14-6-7-17(24-4)18(11-14)25-9-5-8-23-3/h6-7,11-13,15H,5,8-10H2,1-4H3/t15-/m1/s1. The van der Waals surface area contributed by atoms with Crippen molar-refractivity contribution in [3.63, 3.8) is 0 Å². The minimum atomic E-state index is -0.0974. The molecule has 0 aliphatic carbocycles. The number of carbonyl (C=O) groups excluding carboxylic acids is 1. The highest BCUT2D eigenvalue weighted by Crippen LogP contribution is 2.30. The largest absolute Gasteiger partial charge is 0.493 e. The van der Waals surface area contributed by atoms with E-state index in [4.69, 9.17) is 14.2 Å². The van der Waals surface area contributed by atoms with Crippen LogP contribution in [0.3, 0.4) is 0 Å². The number of ether oxygens (including phenoxy) is 3. The summed E-state index contributed by atoms with van der Waals surface area (Å²) in [4.78, 5) is 12.4. The van der Waals surface area contributed by atoms with Gasteiger partial charge >= 0.3 is 0 Å². The van der Waals surface area contributed by atoms with Gasteiger partial charge in [0.1, 0.15) is 0 Å². The van der Waals surface area contributed by atoms with Gasteiger partial charge in [-0.3, -0.25) is 4.79 Å². The first kappa shape index (κ1) is 22.2. The van der Waals surface area contributed by atoms with Gasteiger partial charge in [-0.15, -0.1) is 0 Å². The van der Waals surface area contributed by atoms with E-state index in [1.165, 1.54) is 0 Å². The second kappa shape index (κ2) is 11.7. The fraction of sp³-hybridized carbons (Fsp3) is 0.526. The molecule has 0 N–H and O–H groups in total. The van der Waals surface area contributed by atoms with Crippen molar-refractivity contribution in [1.82, 2.24) is 0 Å². The number of hydrogen-bond acceptors (Lipinski definition) is 4. The fourth-order valence-corrected chi connectivity index (χ4v) is 2.93. The first-order valence-corrected chi connectivity index (χ1v) is 9.82. The van der Waals surface area contributed by atoms with Gasteiger partial charge in [-0.1, -0.05) is 19.9 Å². The van der Waals surface area contributed by atoms with Crippen molar-refractivity contribution >= 4 is 37.6 Å². The zero-order valence-corrected chi connectivity index (χ0v) is 18.4. The summed E-state index contributed by atoms with van der Waals surface area (Å²) in [5.41, 5.74) is 1.05. The summed E-state index contributed by atoms with van der Waals surface area (Å²) >= 11 is 6.52. The van der Waals surface area contributed by atoms with E-state index in [-0.39, 0.29) is 17.6 Å². The fourth-order valence-electron chi connectivity index (χ4n) is 2.48. The number of rotatable bonds is 11. The molecule has 1 aromatic rings. The average Bonchev–Trinajstić information content (AvgIpc) is 2.55. The van der Waals surface area contributed by atoms with Crippen LogP contribution in [0.25, 0.3) is 0 Å². The van der Waals surface area contributed by atoms with Crippen molar-refractivity contribution in [3.8, 4) is 11.5 Å². The Kier molecular flexibility index (Phi) is 10.4. The predicted octanol–water partition coefficient (Wildman–Crippen LogP) is 5.13. The lowest BCUT2D eigenvalue weighted by molar-refractivity contribution is -0.119. The van der Waals surface area contributed by atoms with Crippen LogP contribution in [0.15, 0.2) is 27.7 Å². The lowest BCUT2D eigenvalue weighted by atomic mass is 9.85. The molecule has 0 saturated heterocycles. The summed E-state index contributed by atoms with van der Waals surface area (Å²) in [6.45, 7) is 5.33. The van der Waals surface area contributed by atoms with Gasteiger partial charge in [-0.05, 0) is 61.9 Å². The van der Waals surface area contributed by atoms with E-state index in [9.17, 15) is 4.79 Å². The lowest BCUT2D eigenvalue weighted by Gasteiger charge is -2.19. The molecule has 0 saturated carbocycles. The van der Waals surface area contributed by atoms with Crippen molar-refractivity contribution in [1.29, 1.82) is 0 Å². The number of methoxy groups -OCH3 is 2. The van der Waals surface area contributed by atoms with E-state index in [0.29, 0.717) is 34.5 Å². The van der Waals surface area contributed by atoms with Crippen LogP contribution < -0.4 is 9.47 Å². The summed E-state index contributed by atoms with van der Waals surface area (Å²) in [5, 5.41) is 0. The van der Waals surface area contributed by atoms with Crippen molar-refractivity contribution in [2.75, 3.05) is 27.4 Å². The molecule has 0 fully saturated rings. The van der Waals surface area contributed by atoms with Crippen LogP contribution in [0.5, 0.6) is 11.5 Å². The molecule has 0 spiro atoms. The monoisotopic (exact) mass is 476 g/mol. The number of ketones is 1. The van der Waals surface area contributed by atoms with E-state index in [2.05, 4.69) is 45.7 Å². The number of halogens is 2. The summed E-state index contributed by atoms with van der Waals surface area (Å²) in [5.74, 6) is 1.62.